The van der Waals surface area contributed by atoms with Gasteiger partial charge in [0.1, 0.15) is 5.01 Å². The van der Waals surface area contributed by atoms with Gasteiger partial charge in [0.2, 0.25) is 0 Å². The summed E-state index contributed by atoms with van der Waals surface area (Å²) in [4.78, 5) is 5.65. The fourth-order valence-corrected chi connectivity index (χ4v) is 4.12. The Kier molecular flexibility index (Phi) is 4.41. The van der Waals surface area contributed by atoms with Gasteiger partial charge in [-0.2, -0.15) is 0 Å². The SMILES string of the molecule is Cc1ccc(-c2cnc(C(O)(c3ccccc3)c3ccccc3)s2)cc1. The van der Waals surface area contributed by atoms with E-state index in [1.165, 1.54) is 16.9 Å². The molecule has 128 valence electrons. The molecule has 0 bridgehead atoms. The standard InChI is InChI=1S/C23H19NOS/c1-17-12-14-18(15-13-17)21-16-24-22(26-21)23(25,19-8-4-2-5-9-19)20-10-6-3-7-11-20/h2-16,25H,1H3. The topological polar surface area (TPSA) is 33.1 Å². The lowest BCUT2D eigenvalue weighted by Gasteiger charge is -2.27. The van der Waals surface area contributed by atoms with Crippen molar-refractivity contribution < 1.29 is 5.11 Å². The minimum absolute atomic E-state index is 0.672. The van der Waals surface area contributed by atoms with Gasteiger partial charge in [0, 0.05) is 6.20 Å². The van der Waals surface area contributed by atoms with Gasteiger partial charge < -0.3 is 5.11 Å². The molecule has 0 spiro atoms. The molecule has 0 saturated heterocycles. The van der Waals surface area contributed by atoms with E-state index in [2.05, 4.69) is 36.2 Å². The molecule has 4 aromatic rings. The Balaban J connectivity index is 1.85. The average molecular weight is 357 g/mol. The zero-order valence-electron chi connectivity index (χ0n) is 14.5. The molecule has 3 aromatic carbocycles. The van der Waals surface area contributed by atoms with Gasteiger partial charge in [-0.25, -0.2) is 4.98 Å². The molecule has 0 atom stereocenters. The van der Waals surface area contributed by atoms with E-state index in [-0.39, 0.29) is 0 Å². The minimum atomic E-state index is -1.27. The lowest BCUT2D eigenvalue weighted by atomic mass is 9.87. The summed E-state index contributed by atoms with van der Waals surface area (Å²) in [7, 11) is 0. The number of nitrogens with zero attached hydrogens (tertiary/aromatic N) is 1. The van der Waals surface area contributed by atoms with E-state index >= 15 is 0 Å². The normalized spacial score (nSPS) is 11.5. The highest BCUT2D eigenvalue weighted by Gasteiger charge is 2.36. The van der Waals surface area contributed by atoms with Gasteiger partial charge in [0.05, 0.1) is 4.88 Å². The molecule has 0 saturated carbocycles. The summed E-state index contributed by atoms with van der Waals surface area (Å²) >= 11 is 1.53. The molecule has 0 radical (unpaired) electrons. The maximum Gasteiger partial charge on any atom is 0.166 e. The third-order valence-electron chi connectivity index (χ3n) is 4.53. The third kappa shape index (κ3) is 2.96. The number of aliphatic hydroxyl groups is 1. The number of hydrogen-bond acceptors (Lipinski definition) is 3. The quantitative estimate of drug-likeness (QED) is 0.530. The van der Waals surface area contributed by atoms with Crippen LogP contribution in [0.1, 0.15) is 21.7 Å². The highest BCUT2D eigenvalue weighted by molar-refractivity contribution is 7.15. The van der Waals surface area contributed by atoms with Crippen LogP contribution in [0.4, 0.5) is 0 Å². The lowest BCUT2D eigenvalue weighted by Crippen LogP contribution is -2.28. The Hall–Kier alpha value is -2.75. The Morgan fingerprint density at radius 3 is 1.85 bits per heavy atom. The fourth-order valence-electron chi connectivity index (χ4n) is 3.06. The van der Waals surface area contributed by atoms with E-state index in [1.54, 1.807) is 0 Å². The van der Waals surface area contributed by atoms with Crippen molar-refractivity contribution in [3.05, 3.63) is 113 Å². The number of aromatic nitrogens is 1. The smallest absolute Gasteiger partial charge is 0.166 e. The first-order valence-electron chi connectivity index (χ1n) is 8.55. The molecule has 0 aliphatic carbocycles. The highest BCUT2D eigenvalue weighted by atomic mass is 32.1. The Morgan fingerprint density at radius 2 is 1.31 bits per heavy atom. The largest absolute Gasteiger partial charge is 0.374 e. The van der Waals surface area contributed by atoms with Crippen LogP contribution < -0.4 is 0 Å². The zero-order valence-corrected chi connectivity index (χ0v) is 15.3. The summed E-state index contributed by atoms with van der Waals surface area (Å²) in [5.41, 5.74) is 2.70. The monoisotopic (exact) mass is 357 g/mol. The van der Waals surface area contributed by atoms with E-state index in [0.717, 1.165) is 21.6 Å². The van der Waals surface area contributed by atoms with Crippen LogP contribution in [-0.2, 0) is 5.60 Å². The summed E-state index contributed by atoms with van der Waals surface area (Å²) < 4.78 is 0. The molecule has 0 fully saturated rings. The van der Waals surface area contributed by atoms with E-state index in [0.29, 0.717) is 5.01 Å². The third-order valence-corrected chi connectivity index (χ3v) is 5.69. The van der Waals surface area contributed by atoms with Gasteiger partial charge in [-0.15, -0.1) is 11.3 Å². The van der Waals surface area contributed by atoms with Gasteiger partial charge in [0.15, 0.2) is 5.60 Å². The molecule has 0 amide bonds. The van der Waals surface area contributed by atoms with Gasteiger partial charge in [-0.05, 0) is 23.6 Å². The van der Waals surface area contributed by atoms with Crippen LogP contribution in [0.3, 0.4) is 0 Å². The zero-order chi connectivity index (χ0) is 18.0. The second-order valence-electron chi connectivity index (χ2n) is 6.34. The number of aryl methyl sites for hydroxylation is 1. The highest BCUT2D eigenvalue weighted by Crippen LogP contribution is 2.40. The van der Waals surface area contributed by atoms with E-state index in [1.807, 2.05) is 66.9 Å². The van der Waals surface area contributed by atoms with Crippen molar-refractivity contribution >= 4 is 11.3 Å². The molecule has 0 aliphatic heterocycles. The van der Waals surface area contributed by atoms with Crippen molar-refractivity contribution in [3.8, 4) is 10.4 Å². The van der Waals surface area contributed by atoms with Crippen LogP contribution in [0.2, 0.25) is 0 Å². The molecule has 3 heteroatoms. The van der Waals surface area contributed by atoms with Crippen molar-refractivity contribution in [2.75, 3.05) is 0 Å². The van der Waals surface area contributed by atoms with Crippen LogP contribution in [0.15, 0.2) is 91.1 Å². The van der Waals surface area contributed by atoms with Gasteiger partial charge >= 0.3 is 0 Å². The second-order valence-corrected chi connectivity index (χ2v) is 7.37. The first kappa shape index (κ1) is 16.7. The summed E-state index contributed by atoms with van der Waals surface area (Å²) in [5, 5.41) is 12.4. The molecular weight excluding hydrogens is 338 g/mol. The fraction of sp³-hybridized carbons (Fsp3) is 0.0870. The van der Waals surface area contributed by atoms with Crippen LogP contribution in [-0.4, -0.2) is 10.1 Å². The summed E-state index contributed by atoms with van der Waals surface area (Å²) in [6.07, 6.45) is 1.85. The van der Waals surface area contributed by atoms with E-state index < -0.39 is 5.60 Å². The Bertz CT molecular complexity index is 952. The van der Waals surface area contributed by atoms with Crippen molar-refractivity contribution in [2.24, 2.45) is 0 Å². The summed E-state index contributed by atoms with van der Waals surface area (Å²) in [5.74, 6) is 0. The first-order chi connectivity index (χ1) is 12.7. The summed E-state index contributed by atoms with van der Waals surface area (Å²) in [6, 6.07) is 27.8. The first-order valence-corrected chi connectivity index (χ1v) is 9.36. The predicted molar refractivity (Wildman–Crippen MR) is 107 cm³/mol. The molecule has 2 nitrogen and oxygen atoms in total. The molecular formula is C23H19NOS. The minimum Gasteiger partial charge on any atom is -0.374 e. The van der Waals surface area contributed by atoms with Crippen molar-refractivity contribution in [1.82, 2.24) is 4.98 Å². The molecule has 1 heterocycles. The van der Waals surface area contributed by atoms with Crippen molar-refractivity contribution in [3.63, 3.8) is 0 Å². The predicted octanol–water partition coefficient (Wildman–Crippen LogP) is 5.40. The van der Waals surface area contributed by atoms with Crippen LogP contribution in [0.25, 0.3) is 10.4 Å². The number of thiazole rings is 1. The van der Waals surface area contributed by atoms with Gasteiger partial charge in [0.25, 0.3) is 0 Å². The molecule has 0 unspecified atom stereocenters. The number of benzene rings is 3. The van der Waals surface area contributed by atoms with Crippen molar-refractivity contribution in [1.29, 1.82) is 0 Å². The Labute approximate surface area is 157 Å². The molecule has 26 heavy (non-hydrogen) atoms. The van der Waals surface area contributed by atoms with E-state index in [9.17, 15) is 5.11 Å². The van der Waals surface area contributed by atoms with Gasteiger partial charge in [-0.3, -0.25) is 0 Å². The average Bonchev–Trinajstić information content (AvgIpc) is 3.20. The van der Waals surface area contributed by atoms with Crippen LogP contribution >= 0.6 is 11.3 Å². The molecule has 0 aliphatic rings. The Morgan fingerprint density at radius 1 is 0.769 bits per heavy atom. The van der Waals surface area contributed by atoms with Crippen molar-refractivity contribution in [2.45, 2.75) is 12.5 Å². The van der Waals surface area contributed by atoms with Crippen LogP contribution in [0.5, 0.6) is 0 Å². The molecule has 1 aromatic heterocycles. The summed E-state index contributed by atoms with van der Waals surface area (Å²) in [6.45, 7) is 2.07. The van der Waals surface area contributed by atoms with E-state index in [4.69, 9.17) is 0 Å². The number of hydrogen-bond donors (Lipinski definition) is 1. The maximum absolute atomic E-state index is 11.8. The van der Waals surface area contributed by atoms with Crippen LogP contribution in [0, 0.1) is 6.92 Å². The van der Waals surface area contributed by atoms with Gasteiger partial charge in [-0.1, -0.05) is 90.5 Å². The lowest BCUT2D eigenvalue weighted by molar-refractivity contribution is 0.125. The second kappa shape index (κ2) is 6.87. The molecule has 1 N–H and O–H groups in total. The molecule has 4 rings (SSSR count). The maximum atomic E-state index is 11.8. The number of rotatable bonds is 4.